The minimum absolute atomic E-state index is 0.349. The molecule has 0 amide bonds. The van der Waals surface area contributed by atoms with Crippen LogP contribution >= 0.6 is 11.6 Å². The lowest BCUT2D eigenvalue weighted by molar-refractivity contribution is 0.0767. The summed E-state index contributed by atoms with van der Waals surface area (Å²) in [5, 5.41) is 13.7. The van der Waals surface area contributed by atoms with E-state index in [1.807, 2.05) is 24.3 Å². The standard InChI is InChI=1S/C10H12ClNO/c11-9-3-1-7(2-4-9)10(13)8-5-12-6-8/h1-4,8,10,12-13H,5-6H2/t10-/m0/s1. The highest BCUT2D eigenvalue weighted by atomic mass is 35.5. The number of benzene rings is 1. The summed E-state index contributed by atoms with van der Waals surface area (Å²) in [6.45, 7) is 1.81. The van der Waals surface area contributed by atoms with Gasteiger partial charge in [0.25, 0.3) is 0 Å². The molecule has 2 rings (SSSR count). The lowest BCUT2D eigenvalue weighted by Gasteiger charge is -2.31. The van der Waals surface area contributed by atoms with Crippen molar-refractivity contribution < 1.29 is 5.11 Å². The van der Waals surface area contributed by atoms with Gasteiger partial charge in [0.15, 0.2) is 0 Å². The molecule has 2 N–H and O–H groups in total. The monoisotopic (exact) mass is 197 g/mol. The van der Waals surface area contributed by atoms with Crippen LogP contribution in [0, 0.1) is 5.92 Å². The Morgan fingerprint density at radius 1 is 1.31 bits per heavy atom. The molecule has 1 saturated heterocycles. The summed E-state index contributed by atoms with van der Waals surface area (Å²) < 4.78 is 0. The fourth-order valence-corrected chi connectivity index (χ4v) is 1.59. The first kappa shape index (κ1) is 9.00. The molecule has 13 heavy (non-hydrogen) atoms. The lowest BCUT2D eigenvalue weighted by atomic mass is 9.91. The van der Waals surface area contributed by atoms with Crippen LogP contribution < -0.4 is 5.32 Å². The summed E-state index contributed by atoms with van der Waals surface area (Å²) >= 11 is 5.75. The van der Waals surface area contributed by atoms with Gasteiger partial charge in [0.05, 0.1) is 6.10 Å². The Hall–Kier alpha value is -0.570. The Kier molecular flexibility index (Phi) is 2.54. The first-order valence-corrected chi connectivity index (χ1v) is 4.79. The van der Waals surface area contributed by atoms with Crippen LogP contribution in [0.5, 0.6) is 0 Å². The Morgan fingerprint density at radius 3 is 2.38 bits per heavy atom. The third kappa shape index (κ3) is 1.85. The van der Waals surface area contributed by atoms with Crippen molar-refractivity contribution in [2.75, 3.05) is 13.1 Å². The van der Waals surface area contributed by atoms with Crippen LogP contribution in [0.25, 0.3) is 0 Å². The second kappa shape index (κ2) is 3.66. The van der Waals surface area contributed by atoms with Crippen molar-refractivity contribution in [1.29, 1.82) is 0 Å². The van der Waals surface area contributed by atoms with Gasteiger partial charge in [-0.25, -0.2) is 0 Å². The zero-order valence-electron chi connectivity index (χ0n) is 7.20. The lowest BCUT2D eigenvalue weighted by Crippen LogP contribution is -2.45. The predicted molar refractivity (Wildman–Crippen MR) is 52.8 cm³/mol. The summed E-state index contributed by atoms with van der Waals surface area (Å²) in [4.78, 5) is 0. The van der Waals surface area contributed by atoms with Gasteiger partial charge in [0, 0.05) is 24.0 Å². The third-order valence-electron chi connectivity index (χ3n) is 2.47. The van der Waals surface area contributed by atoms with Crippen LogP contribution in [0.2, 0.25) is 5.02 Å². The second-order valence-electron chi connectivity index (χ2n) is 3.41. The highest BCUT2D eigenvalue weighted by molar-refractivity contribution is 6.30. The number of nitrogens with one attached hydrogen (secondary N) is 1. The number of aliphatic hydroxyl groups is 1. The molecule has 1 fully saturated rings. The number of hydrogen-bond acceptors (Lipinski definition) is 2. The maximum Gasteiger partial charge on any atom is 0.0842 e. The van der Waals surface area contributed by atoms with Gasteiger partial charge in [-0.05, 0) is 17.7 Å². The molecule has 0 bridgehead atoms. The van der Waals surface area contributed by atoms with E-state index >= 15 is 0 Å². The van der Waals surface area contributed by atoms with Gasteiger partial charge in [-0.3, -0.25) is 0 Å². The van der Waals surface area contributed by atoms with Gasteiger partial charge < -0.3 is 10.4 Å². The first-order chi connectivity index (χ1) is 6.27. The molecule has 1 atom stereocenters. The van der Waals surface area contributed by atoms with E-state index in [4.69, 9.17) is 11.6 Å². The van der Waals surface area contributed by atoms with Gasteiger partial charge in [-0.15, -0.1) is 0 Å². The SMILES string of the molecule is O[C@@H](c1ccc(Cl)cc1)C1CNC1. The van der Waals surface area contributed by atoms with Crippen LogP contribution in [0.15, 0.2) is 24.3 Å². The van der Waals surface area contributed by atoms with E-state index < -0.39 is 0 Å². The number of halogens is 1. The van der Waals surface area contributed by atoms with Gasteiger partial charge in [0.2, 0.25) is 0 Å². The molecule has 0 radical (unpaired) electrons. The van der Waals surface area contributed by atoms with Crippen LogP contribution in [0.1, 0.15) is 11.7 Å². The van der Waals surface area contributed by atoms with Crippen LogP contribution in [0.3, 0.4) is 0 Å². The summed E-state index contributed by atoms with van der Waals surface area (Å²) in [6, 6.07) is 7.38. The molecule has 0 aliphatic carbocycles. The molecule has 1 aliphatic rings. The average molecular weight is 198 g/mol. The van der Waals surface area contributed by atoms with Crippen molar-refractivity contribution in [2.45, 2.75) is 6.10 Å². The van der Waals surface area contributed by atoms with E-state index in [2.05, 4.69) is 5.32 Å². The Labute approximate surface area is 82.5 Å². The predicted octanol–water partition coefficient (Wildman–Crippen LogP) is 1.59. The molecule has 0 spiro atoms. The van der Waals surface area contributed by atoms with Gasteiger partial charge in [-0.1, -0.05) is 23.7 Å². The maximum absolute atomic E-state index is 9.85. The van der Waals surface area contributed by atoms with Crippen molar-refractivity contribution in [3.8, 4) is 0 Å². The highest BCUT2D eigenvalue weighted by Crippen LogP contribution is 2.25. The van der Waals surface area contributed by atoms with E-state index in [0.717, 1.165) is 18.7 Å². The Bertz CT molecular complexity index is 281. The molecule has 0 aromatic heterocycles. The fraction of sp³-hybridized carbons (Fsp3) is 0.400. The highest BCUT2D eigenvalue weighted by Gasteiger charge is 2.26. The van der Waals surface area contributed by atoms with Crippen LogP contribution in [0.4, 0.5) is 0 Å². The number of hydrogen-bond donors (Lipinski definition) is 2. The smallest absolute Gasteiger partial charge is 0.0842 e. The molecule has 1 aromatic carbocycles. The molecule has 0 unspecified atom stereocenters. The van der Waals surface area contributed by atoms with Gasteiger partial charge in [0.1, 0.15) is 0 Å². The van der Waals surface area contributed by atoms with Crippen LogP contribution in [-0.4, -0.2) is 18.2 Å². The zero-order valence-corrected chi connectivity index (χ0v) is 7.96. The van der Waals surface area contributed by atoms with Gasteiger partial charge in [-0.2, -0.15) is 0 Å². The van der Waals surface area contributed by atoms with E-state index in [9.17, 15) is 5.11 Å². The summed E-state index contributed by atoms with van der Waals surface area (Å²) in [6.07, 6.45) is -0.349. The number of aliphatic hydroxyl groups excluding tert-OH is 1. The molecule has 2 nitrogen and oxygen atoms in total. The summed E-state index contributed by atoms with van der Waals surface area (Å²) in [7, 11) is 0. The zero-order chi connectivity index (χ0) is 9.26. The normalized spacial score (nSPS) is 19.5. The third-order valence-corrected chi connectivity index (χ3v) is 2.72. The van der Waals surface area contributed by atoms with Gasteiger partial charge >= 0.3 is 0 Å². The molecule has 1 aliphatic heterocycles. The largest absolute Gasteiger partial charge is 0.388 e. The molecule has 0 saturated carbocycles. The average Bonchev–Trinajstić information content (AvgIpc) is 2.02. The maximum atomic E-state index is 9.85. The summed E-state index contributed by atoms with van der Waals surface area (Å²) in [5.74, 6) is 0.362. The fourth-order valence-electron chi connectivity index (χ4n) is 1.47. The molecular formula is C10H12ClNO. The van der Waals surface area contributed by atoms with Crippen molar-refractivity contribution >= 4 is 11.6 Å². The molecule has 1 heterocycles. The van der Waals surface area contributed by atoms with E-state index in [-0.39, 0.29) is 6.10 Å². The second-order valence-corrected chi connectivity index (χ2v) is 3.85. The van der Waals surface area contributed by atoms with Crippen molar-refractivity contribution in [3.63, 3.8) is 0 Å². The first-order valence-electron chi connectivity index (χ1n) is 4.41. The topological polar surface area (TPSA) is 32.3 Å². The van der Waals surface area contributed by atoms with Crippen molar-refractivity contribution in [1.82, 2.24) is 5.32 Å². The van der Waals surface area contributed by atoms with Crippen LogP contribution in [-0.2, 0) is 0 Å². The minimum atomic E-state index is -0.349. The Balaban J connectivity index is 2.10. The van der Waals surface area contributed by atoms with E-state index in [1.165, 1.54) is 0 Å². The number of rotatable bonds is 2. The van der Waals surface area contributed by atoms with Crippen molar-refractivity contribution in [2.24, 2.45) is 5.92 Å². The van der Waals surface area contributed by atoms with E-state index in [0.29, 0.717) is 10.9 Å². The quantitative estimate of drug-likeness (QED) is 0.755. The Morgan fingerprint density at radius 2 is 1.92 bits per heavy atom. The van der Waals surface area contributed by atoms with Crippen molar-refractivity contribution in [3.05, 3.63) is 34.9 Å². The molecule has 70 valence electrons. The molecular weight excluding hydrogens is 186 g/mol. The minimum Gasteiger partial charge on any atom is -0.388 e. The van der Waals surface area contributed by atoms with E-state index in [1.54, 1.807) is 0 Å². The summed E-state index contributed by atoms with van der Waals surface area (Å²) in [5.41, 5.74) is 0.955. The molecule has 3 heteroatoms. The molecule has 1 aromatic rings.